The van der Waals surface area contributed by atoms with Crippen molar-refractivity contribution in [1.82, 2.24) is 10.3 Å². The third-order valence-corrected chi connectivity index (χ3v) is 4.72. The molecule has 2 aromatic carbocycles. The molecular weight excluding hydrogens is 268 g/mol. The fraction of sp³-hybridized carbons (Fsp3) is 0.300. The van der Waals surface area contributed by atoms with Crippen LogP contribution in [0.2, 0.25) is 0 Å². The van der Waals surface area contributed by atoms with Crippen molar-refractivity contribution < 1.29 is 0 Å². The van der Waals surface area contributed by atoms with E-state index < -0.39 is 0 Å². The van der Waals surface area contributed by atoms with Crippen LogP contribution < -0.4 is 5.32 Å². The minimum Gasteiger partial charge on any atom is -0.354 e. The zero-order valence-corrected chi connectivity index (χ0v) is 13.0. The van der Waals surface area contributed by atoms with Gasteiger partial charge in [-0.1, -0.05) is 49.4 Å². The van der Waals surface area contributed by atoms with Crippen LogP contribution >= 0.6 is 0 Å². The Morgan fingerprint density at radius 3 is 2.77 bits per heavy atom. The molecule has 0 bridgehead atoms. The summed E-state index contributed by atoms with van der Waals surface area (Å²) < 4.78 is 0. The first kappa shape index (κ1) is 13.6. The molecule has 0 aliphatic heterocycles. The number of aryl methyl sites for hydroxylation is 1. The maximum Gasteiger partial charge on any atom is 0.0497 e. The number of aromatic nitrogens is 1. The topological polar surface area (TPSA) is 27.8 Å². The minimum absolute atomic E-state index is 0.496. The van der Waals surface area contributed by atoms with Gasteiger partial charge in [-0.05, 0) is 48.6 Å². The first-order chi connectivity index (χ1) is 10.9. The lowest BCUT2D eigenvalue weighted by Gasteiger charge is -2.25. The van der Waals surface area contributed by atoms with Crippen LogP contribution in [0.4, 0.5) is 0 Å². The van der Waals surface area contributed by atoms with E-state index in [-0.39, 0.29) is 0 Å². The van der Waals surface area contributed by atoms with Gasteiger partial charge in [-0.3, -0.25) is 0 Å². The number of hydrogen-bond acceptors (Lipinski definition) is 1. The second-order valence-corrected chi connectivity index (χ2v) is 6.16. The zero-order valence-electron chi connectivity index (χ0n) is 13.0. The third-order valence-electron chi connectivity index (χ3n) is 4.72. The number of aromatic amines is 1. The van der Waals surface area contributed by atoms with Gasteiger partial charge >= 0.3 is 0 Å². The van der Waals surface area contributed by atoms with E-state index in [4.69, 9.17) is 0 Å². The van der Waals surface area contributed by atoms with E-state index in [0.717, 1.165) is 13.0 Å². The average Bonchev–Trinajstić information content (AvgIpc) is 2.96. The van der Waals surface area contributed by atoms with Gasteiger partial charge in [0.05, 0.1) is 0 Å². The highest BCUT2D eigenvalue weighted by Gasteiger charge is 2.25. The van der Waals surface area contributed by atoms with Gasteiger partial charge in [0.2, 0.25) is 0 Å². The smallest absolute Gasteiger partial charge is 0.0497 e. The maximum absolute atomic E-state index is 3.71. The number of benzene rings is 2. The van der Waals surface area contributed by atoms with Crippen molar-refractivity contribution in [2.45, 2.75) is 32.2 Å². The largest absolute Gasteiger partial charge is 0.354 e. The predicted octanol–water partition coefficient (Wildman–Crippen LogP) is 4.82. The molecule has 0 saturated heterocycles. The molecule has 1 aromatic heterocycles. The summed E-state index contributed by atoms with van der Waals surface area (Å²) in [4.78, 5) is 3.66. The number of nitrogens with one attached hydrogen (secondary N) is 2. The highest BCUT2D eigenvalue weighted by molar-refractivity contribution is 5.94. The van der Waals surface area contributed by atoms with E-state index in [9.17, 15) is 0 Å². The highest BCUT2D eigenvalue weighted by Crippen LogP contribution is 2.40. The molecule has 2 heteroatoms. The minimum atomic E-state index is 0.496. The Morgan fingerprint density at radius 1 is 1.09 bits per heavy atom. The molecule has 112 valence electrons. The van der Waals surface area contributed by atoms with Gasteiger partial charge in [0.25, 0.3) is 0 Å². The summed E-state index contributed by atoms with van der Waals surface area (Å²) in [5, 5.41) is 5.15. The Labute approximate surface area is 131 Å². The SMILES string of the molecule is CCCNC1CCc2c(-c3ccccc3)[nH]c3cccc1c23. The summed E-state index contributed by atoms with van der Waals surface area (Å²) in [5.74, 6) is 0. The molecule has 0 spiro atoms. The molecule has 0 fully saturated rings. The molecule has 1 aliphatic rings. The lowest BCUT2D eigenvalue weighted by molar-refractivity contribution is 0.496. The van der Waals surface area contributed by atoms with Crippen molar-refractivity contribution in [3.05, 3.63) is 59.7 Å². The fourth-order valence-corrected chi connectivity index (χ4v) is 3.71. The second-order valence-electron chi connectivity index (χ2n) is 6.16. The Bertz CT molecular complexity index is 786. The zero-order chi connectivity index (χ0) is 14.9. The van der Waals surface area contributed by atoms with Crippen molar-refractivity contribution in [3.8, 4) is 11.3 Å². The first-order valence-electron chi connectivity index (χ1n) is 8.30. The molecule has 1 heterocycles. The number of rotatable bonds is 4. The van der Waals surface area contributed by atoms with Crippen molar-refractivity contribution in [2.75, 3.05) is 6.54 Å². The molecule has 1 unspecified atom stereocenters. The molecule has 22 heavy (non-hydrogen) atoms. The Morgan fingerprint density at radius 2 is 1.95 bits per heavy atom. The van der Waals surface area contributed by atoms with Crippen LogP contribution in [0.3, 0.4) is 0 Å². The molecule has 4 rings (SSSR count). The molecule has 2 nitrogen and oxygen atoms in total. The summed E-state index contributed by atoms with van der Waals surface area (Å²) in [6, 6.07) is 17.9. The van der Waals surface area contributed by atoms with Crippen molar-refractivity contribution in [2.24, 2.45) is 0 Å². The van der Waals surface area contributed by atoms with E-state index in [0.29, 0.717) is 6.04 Å². The number of hydrogen-bond donors (Lipinski definition) is 2. The van der Waals surface area contributed by atoms with Crippen molar-refractivity contribution in [3.63, 3.8) is 0 Å². The van der Waals surface area contributed by atoms with Crippen LogP contribution in [0, 0.1) is 0 Å². The van der Waals surface area contributed by atoms with Crippen LogP contribution in [0.25, 0.3) is 22.2 Å². The molecule has 0 radical (unpaired) electrons. The Balaban J connectivity index is 1.86. The number of H-pyrrole nitrogens is 1. The summed E-state index contributed by atoms with van der Waals surface area (Å²) in [6.45, 7) is 3.32. The third kappa shape index (κ3) is 2.15. The molecule has 0 amide bonds. The van der Waals surface area contributed by atoms with E-state index >= 15 is 0 Å². The molecule has 1 aliphatic carbocycles. The normalized spacial score (nSPS) is 17.0. The molecular formula is C20H22N2. The van der Waals surface area contributed by atoms with Crippen LogP contribution in [-0.2, 0) is 6.42 Å². The Hall–Kier alpha value is -2.06. The Kier molecular flexibility index (Phi) is 3.47. The van der Waals surface area contributed by atoms with E-state index in [1.807, 2.05) is 0 Å². The monoisotopic (exact) mass is 290 g/mol. The average molecular weight is 290 g/mol. The summed E-state index contributed by atoms with van der Waals surface area (Å²) in [5.41, 5.74) is 6.82. The van der Waals surface area contributed by atoms with Gasteiger partial charge < -0.3 is 10.3 Å². The molecule has 3 aromatic rings. The lowest BCUT2D eigenvalue weighted by Crippen LogP contribution is -2.24. The van der Waals surface area contributed by atoms with Crippen LogP contribution in [0.15, 0.2) is 48.5 Å². The van der Waals surface area contributed by atoms with Crippen molar-refractivity contribution in [1.29, 1.82) is 0 Å². The summed E-state index contributed by atoms with van der Waals surface area (Å²) in [7, 11) is 0. The van der Waals surface area contributed by atoms with E-state index in [1.165, 1.54) is 46.1 Å². The molecule has 1 atom stereocenters. The standard InChI is InChI=1S/C20H22N2/c1-2-13-21-17-12-11-16-19-15(17)9-6-10-18(19)22-20(16)14-7-4-3-5-8-14/h3-10,17,21-22H,2,11-13H2,1H3. The van der Waals surface area contributed by atoms with Crippen LogP contribution in [0.1, 0.15) is 36.9 Å². The van der Waals surface area contributed by atoms with Gasteiger partial charge in [0, 0.05) is 22.6 Å². The van der Waals surface area contributed by atoms with Gasteiger partial charge in [-0.15, -0.1) is 0 Å². The lowest BCUT2D eigenvalue weighted by atomic mass is 9.87. The maximum atomic E-state index is 3.71. The van der Waals surface area contributed by atoms with Gasteiger partial charge in [0.1, 0.15) is 0 Å². The van der Waals surface area contributed by atoms with Crippen molar-refractivity contribution >= 4 is 10.9 Å². The first-order valence-corrected chi connectivity index (χ1v) is 8.30. The summed E-state index contributed by atoms with van der Waals surface area (Å²) in [6.07, 6.45) is 3.51. The fourth-order valence-electron chi connectivity index (χ4n) is 3.71. The quantitative estimate of drug-likeness (QED) is 0.708. The van der Waals surface area contributed by atoms with Gasteiger partial charge in [0.15, 0.2) is 0 Å². The predicted molar refractivity (Wildman–Crippen MR) is 93.1 cm³/mol. The van der Waals surface area contributed by atoms with Crippen LogP contribution in [-0.4, -0.2) is 11.5 Å². The van der Waals surface area contributed by atoms with E-state index in [2.05, 4.69) is 65.8 Å². The summed E-state index contributed by atoms with van der Waals surface area (Å²) >= 11 is 0. The van der Waals surface area contributed by atoms with Gasteiger partial charge in [-0.2, -0.15) is 0 Å². The molecule has 2 N–H and O–H groups in total. The van der Waals surface area contributed by atoms with Gasteiger partial charge in [-0.25, -0.2) is 0 Å². The molecule has 0 saturated carbocycles. The van der Waals surface area contributed by atoms with E-state index in [1.54, 1.807) is 0 Å². The second kappa shape index (κ2) is 5.62. The van der Waals surface area contributed by atoms with Crippen LogP contribution in [0.5, 0.6) is 0 Å². The highest BCUT2D eigenvalue weighted by atomic mass is 14.9.